The number of hydrogen-bond acceptors (Lipinski definition) is 5. The largest absolute Gasteiger partial charge is 0.360 e. The molecular weight excluding hydrogens is 350 g/mol. The number of carbonyl (C=O) groups is 2. The van der Waals surface area contributed by atoms with Crippen molar-refractivity contribution < 1.29 is 14.1 Å². The van der Waals surface area contributed by atoms with Crippen LogP contribution in [0.25, 0.3) is 0 Å². The molecular formula is C19H25N3O3S. The first-order valence-electron chi connectivity index (χ1n) is 8.62. The Bertz CT molecular complexity index is 738. The minimum Gasteiger partial charge on any atom is -0.360 e. The molecule has 0 spiro atoms. The first-order chi connectivity index (χ1) is 12.5. The molecule has 0 bridgehead atoms. The topological polar surface area (TPSA) is 84.2 Å². The molecule has 0 aliphatic carbocycles. The molecule has 0 atom stereocenters. The van der Waals surface area contributed by atoms with Crippen molar-refractivity contribution in [3.63, 3.8) is 0 Å². The third-order valence-electron chi connectivity index (χ3n) is 3.81. The molecule has 2 aromatic rings. The minimum absolute atomic E-state index is 0.0298. The minimum atomic E-state index is -0.0847. The monoisotopic (exact) mass is 375 g/mol. The standard InChI is InChI=1S/C19H25N3O3S/c1-13-6-4-7-14(2)19(13)21-17(23)8-5-10-26-11-9-18(24)20-16-12-15(3)25-22-16/h4,6-7,12H,5,8-11H2,1-3H3,(H,21,23)(H,20,22,24). The Morgan fingerprint density at radius 2 is 1.73 bits per heavy atom. The average Bonchev–Trinajstić information content (AvgIpc) is 2.99. The van der Waals surface area contributed by atoms with Gasteiger partial charge in [0.2, 0.25) is 11.8 Å². The highest BCUT2D eigenvalue weighted by Gasteiger charge is 2.08. The number of benzene rings is 1. The van der Waals surface area contributed by atoms with Gasteiger partial charge in [0.05, 0.1) is 0 Å². The fraction of sp³-hybridized carbons (Fsp3) is 0.421. The van der Waals surface area contributed by atoms with Crippen LogP contribution >= 0.6 is 11.8 Å². The number of para-hydroxylation sites is 1. The van der Waals surface area contributed by atoms with Crippen molar-refractivity contribution in [3.8, 4) is 0 Å². The molecule has 0 aliphatic heterocycles. The molecule has 0 aliphatic rings. The molecule has 26 heavy (non-hydrogen) atoms. The third-order valence-corrected chi connectivity index (χ3v) is 4.88. The quantitative estimate of drug-likeness (QED) is 0.645. The molecule has 6 nitrogen and oxygen atoms in total. The number of anilines is 2. The number of rotatable bonds is 9. The summed E-state index contributed by atoms with van der Waals surface area (Å²) < 4.78 is 4.89. The molecule has 1 aromatic carbocycles. The summed E-state index contributed by atoms with van der Waals surface area (Å²) in [7, 11) is 0. The SMILES string of the molecule is Cc1cc(NC(=O)CCSCCCC(=O)Nc2c(C)cccc2C)no1. The zero-order chi connectivity index (χ0) is 18.9. The van der Waals surface area contributed by atoms with E-state index in [9.17, 15) is 9.59 Å². The van der Waals surface area contributed by atoms with Gasteiger partial charge >= 0.3 is 0 Å². The zero-order valence-corrected chi connectivity index (χ0v) is 16.2. The summed E-state index contributed by atoms with van der Waals surface area (Å²) >= 11 is 1.67. The number of carbonyl (C=O) groups excluding carboxylic acids is 2. The second kappa shape index (κ2) is 10.0. The first kappa shape index (κ1) is 20.0. The summed E-state index contributed by atoms with van der Waals surface area (Å²) in [6.07, 6.45) is 1.67. The maximum absolute atomic E-state index is 12.1. The van der Waals surface area contributed by atoms with Crippen LogP contribution in [0.1, 0.15) is 36.1 Å². The Balaban J connectivity index is 1.57. The van der Waals surface area contributed by atoms with E-state index in [2.05, 4.69) is 15.8 Å². The van der Waals surface area contributed by atoms with E-state index in [1.807, 2.05) is 32.0 Å². The van der Waals surface area contributed by atoms with E-state index < -0.39 is 0 Å². The predicted molar refractivity (Wildman–Crippen MR) is 106 cm³/mol. The van der Waals surface area contributed by atoms with Gasteiger partial charge < -0.3 is 15.2 Å². The van der Waals surface area contributed by atoms with Crippen LogP contribution in [0.4, 0.5) is 11.5 Å². The summed E-state index contributed by atoms with van der Waals surface area (Å²) in [5, 5.41) is 9.40. The van der Waals surface area contributed by atoms with Gasteiger partial charge in [-0.3, -0.25) is 9.59 Å². The van der Waals surface area contributed by atoms with E-state index in [0.717, 1.165) is 29.0 Å². The number of nitrogens with one attached hydrogen (secondary N) is 2. The lowest BCUT2D eigenvalue weighted by atomic mass is 10.1. The Morgan fingerprint density at radius 3 is 2.38 bits per heavy atom. The van der Waals surface area contributed by atoms with E-state index >= 15 is 0 Å². The van der Waals surface area contributed by atoms with Crippen molar-refractivity contribution >= 4 is 35.1 Å². The summed E-state index contributed by atoms with van der Waals surface area (Å²) in [5.41, 5.74) is 3.05. The fourth-order valence-electron chi connectivity index (χ4n) is 2.45. The van der Waals surface area contributed by atoms with Gasteiger partial charge in [-0.2, -0.15) is 11.8 Å². The highest BCUT2D eigenvalue weighted by Crippen LogP contribution is 2.20. The predicted octanol–water partition coefficient (Wildman–Crippen LogP) is 4.08. The Morgan fingerprint density at radius 1 is 1.04 bits per heavy atom. The average molecular weight is 375 g/mol. The second-order valence-electron chi connectivity index (χ2n) is 6.15. The Kier molecular flexibility index (Phi) is 7.72. The smallest absolute Gasteiger partial charge is 0.226 e. The van der Waals surface area contributed by atoms with Crippen LogP contribution in [-0.2, 0) is 9.59 Å². The maximum Gasteiger partial charge on any atom is 0.226 e. The molecule has 0 saturated carbocycles. The van der Waals surface area contributed by atoms with E-state index in [1.165, 1.54) is 0 Å². The Hall–Kier alpha value is -2.28. The zero-order valence-electron chi connectivity index (χ0n) is 15.4. The van der Waals surface area contributed by atoms with Crippen LogP contribution in [0.15, 0.2) is 28.8 Å². The molecule has 0 saturated heterocycles. The molecule has 0 fully saturated rings. The molecule has 2 N–H and O–H groups in total. The molecule has 0 unspecified atom stereocenters. The first-order valence-corrected chi connectivity index (χ1v) is 9.78. The van der Waals surface area contributed by atoms with Gasteiger partial charge in [-0.1, -0.05) is 23.4 Å². The van der Waals surface area contributed by atoms with Crippen LogP contribution in [0.5, 0.6) is 0 Å². The number of nitrogens with zero attached hydrogens (tertiary/aromatic N) is 1. The molecule has 140 valence electrons. The highest BCUT2D eigenvalue weighted by atomic mass is 32.2. The highest BCUT2D eigenvalue weighted by molar-refractivity contribution is 7.99. The summed E-state index contributed by atoms with van der Waals surface area (Å²) in [5.74, 6) is 2.60. The lowest BCUT2D eigenvalue weighted by molar-refractivity contribution is -0.116. The lowest BCUT2D eigenvalue weighted by Gasteiger charge is -2.11. The number of thioether (sulfide) groups is 1. The third kappa shape index (κ3) is 6.55. The molecule has 2 amide bonds. The molecule has 1 heterocycles. The number of hydrogen-bond donors (Lipinski definition) is 2. The summed E-state index contributed by atoms with van der Waals surface area (Å²) in [4.78, 5) is 23.8. The summed E-state index contributed by atoms with van der Waals surface area (Å²) in [6.45, 7) is 5.75. The van der Waals surface area contributed by atoms with Crippen LogP contribution in [0, 0.1) is 20.8 Å². The Labute approximate surface area is 158 Å². The van der Waals surface area contributed by atoms with Crippen molar-refractivity contribution in [1.82, 2.24) is 5.16 Å². The fourth-order valence-corrected chi connectivity index (χ4v) is 3.33. The van der Waals surface area contributed by atoms with Crippen molar-refractivity contribution in [2.45, 2.75) is 40.0 Å². The van der Waals surface area contributed by atoms with E-state index in [4.69, 9.17) is 4.52 Å². The van der Waals surface area contributed by atoms with Gasteiger partial charge in [0, 0.05) is 30.3 Å². The molecule has 2 rings (SSSR count). The number of aromatic nitrogens is 1. The van der Waals surface area contributed by atoms with Gasteiger partial charge in [-0.25, -0.2) is 0 Å². The molecule has 0 radical (unpaired) electrons. The van der Waals surface area contributed by atoms with Gasteiger partial charge in [0.15, 0.2) is 5.82 Å². The van der Waals surface area contributed by atoms with Crippen molar-refractivity contribution in [1.29, 1.82) is 0 Å². The van der Waals surface area contributed by atoms with Crippen molar-refractivity contribution in [2.75, 3.05) is 22.1 Å². The normalized spacial score (nSPS) is 10.6. The van der Waals surface area contributed by atoms with Gasteiger partial charge in [-0.05, 0) is 44.1 Å². The van der Waals surface area contributed by atoms with Gasteiger partial charge in [0.1, 0.15) is 5.76 Å². The maximum atomic E-state index is 12.1. The van der Waals surface area contributed by atoms with E-state index in [0.29, 0.717) is 30.2 Å². The van der Waals surface area contributed by atoms with Crippen molar-refractivity contribution in [3.05, 3.63) is 41.2 Å². The van der Waals surface area contributed by atoms with Crippen LogP contribution in [0.2, 0.25) is 0 Å². The van der Waals surface area contributed by atoms with Gasteiger partial charge in [-0.15, -0.1) is 0 Å². The van der Waals surface area contributed by atoms with Crippen LogP contribution in [0.3, 0.4) is 0 Å². The van der Waals surface area contributed by atoms with E-state index in [1.54, 1.807) is 24.8 Å². The summed E-state index contributed by atoms with van der Waals surface area (Å²) in [6, 6.07) is 7.64. The van der Waals surface area contributed by atoms with Gasteiger partial charge in [0.25, 0.3) is 0 Å². The van der Waals surface area contributed by atoms with Crippen LogP contribution in [-0.4, -0.2) is 28.5 Å². The molecule has 7 heteroatoms. The van der Waals surface area contributed by atoms with Crippen molar-refractivity contribution in [2.24, 2.45) is 0 Å². The molecule has 1 aromatic heterocycles. The number of amides is 2. The second-order valence-corrected chi connectivity index (χ2v) is 7.38. The lowest BCUT2D eigenvalue weighted by Crippen LogP contribution is -2.14. The van der Waals surface area contributed by atoms with E-state index in [-0.39, 0.29) is 11.8 Å². The van der Waals surface area contributed by atoms with Crippen LogP contribution < -0.4 is 10.6 Å². The number of aryl methyl sites for hydroxylation is 3.